The second-order valence-corrected chi connectivity index (χ2v) is 5.11. The van der Waals surface area contributed by atoms with Crippen LogP contribution in [0.25, 0.3) is 11.2 Å². The monoisotopic (exact) mass is 296 g/mol. The molecule has 0 aliphatic heterocycles. The van der Waals surface area contributed by atoms with E-state index in [1.165, 1.54) is 4.57 Å². The molecule has 0 fully saturated rings. The van der Waals surface area contributed by atoms with E-state index >= 15 is 0 Å². The lowest BCUT2D eigenvalue weighted by Gasteiger charge is -2.07. The molecule has 22 heavy (non-hydrogen) atoms. The fourth-order valence-corrected chi connectivity index (χ4v) is 2.41. The molecule has 6 heteroatoms. The summed E-state index contributed by atoms with van der Waals surface area (Å²) in [6.45, 7) is 2.34. The summed E-state index contributed by atoms with van der Waals surface area (Å²) in [7, 11) is 1.62. The molecule has 0 atom stereocenters. The maximum absolute atomic E-state index is 12.4. The van der Waals surface area contributed by atoms with Gasteiger partial charge in [0.25, 0.3) is 0 Å². The number of carbonyl (C=O) groups is 1. The topological polar surface area (TPSA) is 68.9 Å². The van der Waals surface area contributed by atoms with Gasteiger partial charge in [0.1, 0.15) is 0 Å². The minimum atomic E-state index is -0.474. The minimum Gasteiger partial charge on any atom is -0.333 e. The third-order valence-electron chi connectivity index (χ3n) is 3.71. The van der Waals surface area contributed by atoms with E-state index in [9.17, 15) is 9.59 Å². The van der Waals surface area contributed by atoms with Crippen molar-refractivity contribution in [3.05, 3.63) is 64.2 Å². The second-order valence-electron chi connectivity index (χ2n) is 5.11. The predicted molar refractivity (Wildman–Crippen MR) is 83.8 cm³/mol. The van der Waals surface area contributed by atoms with Gasteiger partial charge < -0.3 is 5.32 Å². The number of nitrogens with one attached hydrogen (secondary N) is 1. The van der Waals surface area contributed by atoms with Crippen LogP contribution in [0, 0.1) is 6.92 Å². The Morgan fingerprint density at radius 2 is 2.00 bits per heavy atom. The summed E-state index contributed by atoms with van der Waals surface area (Å²) in [5, 5.41) is 2.77. The maximum Gasteiger partial charge on any atom is 0.338 e. The number of pyridine rings is 1. The fourth-order valence-electron chi connectivity index (χ4n) is 2.41. The first-order valence-corrected chi connectivity index (χ1v) is 6.95. The average molecular weight is 296 g/mol. The highest BCUT2D eigenvalue weighted by molar-refractivity contribution is 5.87. The van der Waals surface area contributed by atoms with E-state index in [1.807, 2.05) is 31.2 Å². The summed E-state index contributed by atoms with van der Waals surface area (Å²) in [4.78, 5) is 28.7. The number of rotatable bonds is 2. The van der Waals surface area contributed by atoms with Gasteiger partial charge in [-0.3, -0.25) is 4.57 Å². The molecule has 0 aliphatic rings. The van der Waals surface area contributed by atoms with Crippen molar-refractivity contribution < 1.29 is 4.79 Å². The molecule has 1 aromatic carbocycles. The van der Waals surface area contributed by atoms with Crippen molar-refractivity contribution in [3.63, 3.8) is 0 Å². The molecule has 0 bridgehead atoms. The average Bonchev–Trinajstić information content (AvgIpc) is 2.78. The van der Waals surface area contributed by atoms with E-state index < -0.39 is 11.7 Å². The molecule has 1 N–H and O–H groups in total. The summed E-state index contributed by atoms with van der Waals surface area (Å²) in [5.74, 6) is 0. The Kier molecular flexibility index (Phi) is 3.50. The Balaban J connectivity index is 1.92. The first kappa shape index (κ1) is 14.1. The van der Waals surface area contributed by atoms with Crippen LogP contribution in [-0.4, -0.2) is 20.1 Å². The molecule has 1 amide bonds. The van der Waals surface area contributed by atoms with Gasteiger partial charge >= 0.3 is 11.7 Å². The molecule has 0 aliphatic carbocycles. The van der Waals surface area contributed by atoms with Gasteiger partial charge in [-0.2, -0.15) is 4.57 Å². The smallest absolute Gasteiger partial charge is 0.333 e. The number of hydrogen-bond donors (Lipinski definition) is 1. The van der Waals surface area contributed by atoms with Gasteiger partial charge in [0.05, 0.1) is 5.52 Å². The maximum atomic E-state index is 12.4. The van der Waals surface area contributed by atoms with Crippen molar-refractivity contribution in [2.75, 3.05) is 0 Å². The van der Waals surface area contributed by atoms with Gasteiger partial charge in [0.2, 0.25) is 0 Å². The summed E-state index contributed by atoms with van der Waals surface area (Å²) < 4.78 is 2.48. The third-order valence-corrected chi connectivity index (χ3v) is 3.71. The Bertz CT molecular complexity index is 908. The molecule has 3 aromatic rings. The Morgan fingerprint density at radius 3 is 2.77 bits per heavy atom. The molecular formula is C16H16N4O2. The molecule has 0 spiro atoms. The number of aromatic nitrogens is 3. The number of amides is 1. The summed E-state index contributed by atoms with van der Waals surface area (Å²) in [5.41, 5.74) is 2.68. The Labute approximate surface area is 127 Å². The molecule has 6 nitrogen and oxygen atoms in total. The Morgan fingerprint density at radius 1 is 1.23 bits per heavy atom. The van der Waals surface area contributed by atoms with Crippen LogP contribution < -0.4 is 11.0 Å². The number of benzene rings is 1. The Hall–Kier alpha value is -2.89. The van der Waals surface area contributed by atoms with Crippen molar-refractivity contribution in [3.8, 4) is 0 Å². The van der Waals surface area contributed by atoms with Crippen LogP contribution in [-0.2, 0) is 13.6 Å². The quantitative estimate of drug-likeness (QED) is 0.784. The molecule has 2 heterocycles. The van der Waals surface area contributed by atoms with Crippen LogP contribution in [0.1, 0.15) is 11.1 Å². The summed E-state index contributed by atoms with van der Waals surface area (Å²) in [6.07, 6.45) is 1.56. The van der Waals surface area contributed by atoms with E-state index in [0.717, 1.165) is 15.7 Å². The van der Waals surface area contributed by atoms with Gasteiger partial charge in [0, 0.05) is 19.8 Å². The van der Waals surface area contributed by atoms with E-state index in [-0.39, 0.29) is 0 Å². The van der Waals surface area contributed by atoms with Gasteiger partial charge in [0.15, 0.2) is 5.65 Å². The van der Waals surface area contributed by atoms with Gasteiger partial charge in [-0.25, -0.2) is 14.6 Å². The first-order valence-electron chi connectivity index (χ1n) is 6.95. The zero-order valence-electron chi connectivity index (χ0n) is 12.4. The highest BCUT2D eigenvalue weighted by atomic mass is 16.2. The van der Waals surface area contributed by atoms with Crippen LogP contribution in [0.15, 0.2) is 47.4 Å². The summed E-state index contributed by atoms with van der Waals surface area (Å²) >= 11 is 0. The lowest BCUT2D eigenvalue weighted by Crippen LogP contribution is -2.36. The van der Waals surface area contributed by atoms with Crippen LogP contribution >= 0.6 is 0 Å². The number of hydrogen-bond acceptors (Lipinski definition) is 3. The van der Waals surface area contributed by atoms with E-state index in [4.69, 9.17) is 0 Å². The molecule has 0 unspecified atom stereocenters. The molecular weight excluding hydrogens is 280 g/mol. The molecule has 0 radical (unpaired) electrons. The van der Waals surface area contributed by atoms with Crippen LogP contribution in [0.2, 0.25) is 0 Å². The van der Waals surface area contributed by atoms with Crippen molar-refractivity contribution in [1.29, 1.82) is 0 Å². The SMILES string of the molecule is Cc1ccccc1CNC(=O)n1c(=O)n(C)c2cccnc21. The van der Waals surface area contributed by atoms with E-state index in [0.29, 0.717) is 17.7 Å². The predicted octanol–water partition coefficient (Wildman–Crippen LogP) is 1.80. The molecule has 0 saturated heterocycles. The summed E-state index contributed by atoms with van der Waals surface area (Å²) in [6, 6.07) is 10.8. The van der Waals surface area contributed by atoms with Crippen molar-refractivity contribution in [1.82, 2.24) is 19.4 Å². The van der Waals surface area contributed by atoms with Crippen LogP contribution in [0.5, 0.6) is 0 Å². The highest BCUT2D eigenvalue weighted by Gasteiger charge is 2.17. The van der Waals surface area contributed by atoms with E-state index in [2.05, 4.69) is 10.3 Å². The lowest BCUT2D eigenvalue weighted by atomic mass is 10.1. The van der Waals surface area contributed by atoms with Gasteiger partial charge in [-0.05, 0) is 30.2 Å². The third kappa shape index (κ3) is 2.28. The largest absolute Gasteiger partial charge is 0.338 e. The van der Waals surface area contributed by atoms with Gasteiger partial charge in [-0.1, -0.05) is 24.3 Å². The standard InChI is InChI=1S/C16H16N4O2/c1-11-6-3-4-7-12(11)10-18-15(21)20-14-13(8-5-9-17-14)19(2)16(20)22/h3-9H,10H2,1-2H3,(H,18,21). The number of imidazole rings is 1. The number of carbonyl (C=O) groups excluding carboxylic acids is 1. The first-order chi connectivity index (χ1) is 10.6. The molecule has 3 rings (SSSR count). The lowest BCUT2D eigenvalue weighted by molar-refractivity contribution is 0.242. The second kappa shape index (κ2) is 5.48. The molecule has 112 valence electrons. The zero-order valence-corrected chi connectivity index (χ0v) is 12.4. The van der Waals surface area contributed by atoms with Crippen molar-refractivity contribution in [2.24, 2.45) is 7.05 Å². The number of aryl methyl sites for hydroxylation is 2. The zero-order chi connectivity index (χ0) is 15.7. The minimum absolute atomic E-state index is 0.359. The van der Waals surface area contributed by atoms with E-state index in [1.54, 1.807) is 25.4 Å². The number of fused-ring (bicyclic) bond motifs is 1. The number of nitrogens with zero attached hydrogens (tertiary/aromatic N) is 3. The highest BCUT2D eigenvalue weighted by Crippen LogP contribution is 2.09. The van der Waals surface area contributed by atoms with Crippen molar-refractivity contribution >= 4 is 17.2 Å². The fraction of sp³-hybridized carbons (Fsp3) is 0.188. The normalized spacial score (nSPS) is 10.8. The molecule has 0 saturated carbocycles. The van der Waals surface area contributed by atoms with Gasteiger partial charge in [-0.15, -0.1) is 0 Å². The van der Waals surface area contributed by atoms with Crippen LogP contribution in [0.4, 0.5) is 4.79 Å². The van der Waals surface area contributed by atoms with Crippen molar-refractivity contribution in [2.45, 2.75) is 13.5 Å². The van der Waals surface area contributed by atoms with Crippen LogP contribution in [0.3, 0.4) is 0 Å². The molecule has 2 aromatic heterocycles.